The molecule has 1 aliphatic heterocycles. The fourth-order valence-corrected chi connectivity index (χ4v) is 3.30. The van der Waals surface area contributed by atoms with E-state index in [1.54, 1.807) is 23.9 Å². The van der Waals surface area contributed by atoms with Gasteiger partial charge in [0.15, 0.2) is 0 Å². The van der Waals surface area contributed by atoms with Gasteiger partial charge in [0.2, 0.25) is 5.95 Å². The highest BCUT2D eigenvalue weighted by Gasteiger charge is 2.31. The van der Waals surface area contributed by atoms with Gasteiger partial charge in [-0.2, -0.15) is 10.1 Å². The van der Waals surface area contributed by atoms with Crippen molar-refractivity contribution in [1.29, 1.82) is 0 Å². The lowest BCUT2D eigenvalue weighted by atomic mass is 10.0. The van der Waals surface area contributed by atoms with Crippen LogP contribution in [0.25, 0.3) is 0 Å². The van der Waals surface area contributed by atoms with Gasteiger partial charge in [-0.25, -0.2) is 4.68 Å². The summed E-state index contributed by atoms with van der Waals surface area (Å²) in [5.74, 6) is 1.72. The van der Waals surface area contributed by atoms with E-state index in [2.05, 4.69) is 32.9 Å². The molecule has 2 unspecified atom stereocenters. The SMILES string of the molecule is c1coc(C2CC(c3cccs3)Nc3ncnn32)c1. The molecule has 1 N–H and O–H groups in total. The minimum atomic E-state index is 0.0980. The molecule has 0 saturated heterocycles. The maximum Gasteiger partial charge on any atom is 0.222 e. The van der Waals surface area contributed by atoms with E-state index in [0.717, 1.165) is 18.1 Å². The first-order valence-corrected chi connectivity index (χ1v) is 7.02. The zero-order valence-corrected chi connectivity index (χ0v) is 10.9. The molecule has 0 aliphatic carbocycles. The van der Waals surface area contributed by atoms with Gasteiger partial charge in [0.05, 0.1) is 12.3 Å². The summed E-state index contributed by atoms with van der Waals surface area (Å²) in [6.07, 6.45) is 4.19. The van der Waals surface area contributed by atoms with Crippen LogP contribution in [0.3, 0.4) is 0 Å². The Balaban J connectivity index is 1.75. The minimum Gasteiger partial charge on any atom is -0.467 e. The second-order valence-electron chi connectivity index (χ2n) is 4.51. The number of fused-ring (bicyclic) bond motifs is 1. The molecular weight excluding hydrogens is 260 g/mol. The van der Waals surface area contributed by atoms with E-state index >= 15 is 0 Å². The number of nitrogens with zero attached hydrogens (tertiary/aromatic N) is 3. The third-order valence-corrected chi connectivity index (χ3v) is 4.37. The third-order valence-electron chi connectivity index (χ3n) is 3.39. The van der Waals surface area contributed by atoms with E-state index in [0.29, 0.717) is 0 Å². The molecule has 2 atom stereocenters. The maximum absolute atomic E-state index is 5.55. The van der Waals surface area contributed by atoms with Crippen molar-refractivity contribution in [3.63, 3.8) is 0 Å². The Labute approximate surface area is 113 Å². The zero-order valence-electron chi connectivity index (χ0n) is 10.1. The topological polar surface area (TPSA) is 55.9 Å². The molecule has 0 radical (unpaired) electrons. The molecule has 0 saturated carbocycles. The van der Waals surface area contributed by atoms with Crippen LogP contribution in [0.1, 0.15) is 29.1 Å². The molecular formula is C13H12N4OS. The van der Waals surface area contributed by atoms with Gasteiger partial charge >= 0.3 is 0 Å². The first kappa shape index (κ1) is 10.8. The molecule has 96 valence electrons. The summed E-state index contributed by atoms with van der Waals surface area (Å²) in [4.78, 5) is 5.59. The van der Waals surface area contributed by atoms with E-state index in [-0.39, 0.29) is 12.1 Å². The van der Waals surface area contributed by atoms with Crippen molar-refractivity contribution in [2.24, 2.45) is 0 Å². The van der Waals surface area contributed by atoms with E-state index in [4.69, 9.17) is 4.42 Å². The number of hydrogen-bond acceptors (Lipinski definition) is 5. The number of furan rings is 1. The monoisotopic (exact) mass is 272 g/mol. The van der Waals surface area contributed by atoms with Gasteiger partial charge in [0.25, 0.3) is 0 Å². The Morgan fingerprint density at radius 1 is 1.37 bits per heavy atom. The summed E-state index contributed by atoms with van der Waals surface area (Å²) in [7, 11) is 0. The van der Waals surface area contributed by atoms with Crippen LogP contribution in [0.2, 0.25) is 0 Å². The zero-order chi connectivity index (χ0) is 12.7. The summed E-state index contributed by atoms with van der Waals surface area (Å²) >= 11 is 1.76. The molecule has 0 fully saturated rings. The summed E-state index contributed by atoms with van der Waals surface area (Å²) in [5.41, 5.74) is 0. The average Bonchev–Trinajstić information content (AvgIpc) is 3.18. The lowest BCUT2D eigenvalue weighted by molar-refractivity contribution is 0.360. The van der Waals surface area contributed by atoms with Crippen molar-refractivity contribution < 1.29 is 4.42 Å². The Bertz CT molecular complexity index is 659. The molecule has 0 amide bonds. The first-order chi connectivity index (χ1) is 9.42. The summed E-state index contributed by atoms with van der Waals surface area (Å²) < 4.78 is 7.44. The van der Waals surface area contributed by atoms with Crippen LogP contribution >= 0.6 is 11.3 Å². The smallest absolute Gasteiger partial charge is 0.222 e. The number of hydrogen-bond donors (Lipinski definition) is 1. The normalized spacial score (nSPS) is 21.9. The number of aromatic nitrogens is 3. The lowest BCUT2D eigenvalue weighted by Crippen LogP contribution is -2.27. The van der Waals surface area contributed by atoms with Crippen molar-refractivity contribution >= 4 is 17.3 Å². The Morgan fingerprint density at radius 3 is 3.16 bits per heavy atom. The summed E-state index contributed by atoms with van der Waals surface area (Å²) in [6, 6.07) is 8.48. The van der Waals surface area contributed by atoms with Gasteiger partial charge in [-0.3, -0.25) is 0 Å². The molecule has 3 aromatic heterocycles. The van der Waals surface area contributed by atoms with Crippen molar-refractivity contribution in [3.05, 3.63) is 52.9 Å². The number of thiophene rings is 1. The maximum atomic E-state index is 5.55. The highest BCUT2D eigenvalue weighted by molar-refractivity contribution is 7.10. The number of nitrogens with one attached hydrogen (secondary N) is 1. The Hall–Kier alpha value is -2.08. The Kier molecular flexibility index (Phi) is 2.41. The predicted octanol–water partition coefficient (Wildman–Crippen LogP) is 3.08. The molecule has 1 aliphatic rings. The Morgan fingerprint density at radius 2 is 2.37 bits per heavy atom. The largest absolute Gasteiger partial charge is 0.467 e. The van der Waals surface area contributed by atoms with Gasteiger partial charge in [-0.05, 0) is 23.6 Å². The van der Waals surface area contributed by atoms with Crippen molar-refractivity contribution in [2.75, 3.05) is 5.32 Å². The van der Waals surface area contributed by atoms with Gasteiger partial charge in [-0.1, -0.05) is 6.07 Å². The fraction of sp³-hybridized carbons (Fsp3) is 0.231. The molecule has 4 heterocycles. The van der Waals surface area contributed by atoms with E-state index in [1.807, 2.05) is 16.8 Å². The van der Waals surface area contributed by atoms with Gasteiger partial charge < -0.3 is 9.73 Å². The highest BCUT2D eigenvalue weighted by atomic mass is 32.1. The van der Waals surface area contributed by atoms with Crippen molar-refractivity contribution in [2.45, 2.75) is 18.5 Å². The minimum absolute atomic E-state index is 0.0980. The predicted molar refractivity (Wildman–Crippen MR) is 72.2 cm³/mol. The average molecular weight is 272 g/mol. The molecule has 0 spiro atoms. The van der Waals surface area contributed by atoms with Crippen LogP contribution in [-0.4, -0.2) is 14.8 Å². The number of rotatable bonds is 2. The van der Waals surface area contributed by atoms with Crippen LogP contribution < -0.4 is 5.32 Å². The molecule has 0 aromatic carbocycles. The van der Waals surface area contributed by atoms with Crippen molar-refractivity contribution in [1.82, 2.24) is 14.8 Å². The van der Waals surface area contributed by atoms with Gasteiger partial charge in [-0.15, -0.1) is 11.3 Å². The quantitative estimate of drug-likeness (QED) is 0.779. The molecule has 6 heteroatoms. The van der Waals surface area contributed by atoms with Crippen LogP contribution in [0.4, 0.5) is 5.95 Å². The van der Waals surface area contributed by atoms with E-state index in [1.165, 1.54) is 4.88 Å². The summed E-state index contributed by atoms with van der Waals surface area (Å²) in [5, 5.41) is 9.82. The van der Waals surface area contributed by atoms with E-state index < -0.39 is 0 Å². The number of anilines is 1. The fourth-order valence-electron chi connectivity index (χ4n) is 2.51. The lowest BCUT2D eigenvalue weighted by Gasteiger charge is -2.29. The van der Waals surface area contributed by atoms with Crippen LogP contribution in [0.5, 0.6) is 0 Å². The molecule has 19 heavy (non-hydrogen) atoms. The van der Waals surface area contributed by atoms with Crippen LogP contribution in [0, 0.1) is 0 Å². The second kappa shape index (κ2) is 4.24. The molecule has 4 rings (SSSR count). The standard InChI is InChI=1S/C13H12N4OS/c1-3-11(18-5-1)10-7-9(12-4-2-6-19-12)16-13-14-8-15-17(10)13/h1-6,8-10H,7H2,(H,14,15,16). The van der Waals surface area contributed by atoms with Gasteiger partial charge in [0.1, 0.15) is 18.1 Å². The van der Waals surface area contributed by atoms with Gasteiger partial charge in [0, 0.05) is 11.3 Å². The molecule has 5 nitrogen and oxygen atoms in total. The van der Waals surface area contributed by atoms with Crippen LogP contribution in [0.15, 0.2) is 46.7 Å². The van der Waals surface area contributed by atoms with Crippen molar-refractivity contribution in [3.8, 4) is 0 Å². The second-order valence-corrected chi connectivity index (χ2v) is 5.49. The molecule has 3 aromatic rings. The van der Waals surface area contributed by atoms with Crippen LogP contribution in [-0.2, 0) is 0 Å². The highest BCUT2D eigenvalue weighted by Crippen LogP contribution is 2.38. The van der Waals surface area contributed by atoms with E-state index in [9.17, 15) is 0 Å². The third kappa shape index (κ3) is 1.76. The summed E-state index contributed by atoms with van der Waals surface area (Å²) in [6.45, 7) is 0. The molecule has 0 bridgehead atoms. The first-order valence-electron chi connectivity index (χ1n) is 6.14.